The van der Waals surface area contributed by atoms with Gasteiger partial charge in [-0.25, -0.2) is 13.6 Å². The lowest BCUT2D eigenvalue weighted by molar-refractivity contribution is 0.146. The molecule has 0 atom stereocenters. The van der Waals surface area contributed by atoms with E-state index >= 15 is 0 Å². The number of thiophene rings is 1. The highest BCUT2D eigenvalue weighted by Gasteiger charge is 2.13. The zero-order chi connectivity index (χ0) is 24.8. The Morgan fingerprint density at radius 1 is 1.14 bits per heavy atom. The summed E-state index contributed by atoms with van der Waals surface area (Å²) in [5, 5.41) is 15.9. The summed E-state index contributed by atoms with van der Waals surface area (Å²) >= 11 is 2.78. The highest BCUT2D eigenvalue weighted by atomic mass is 32.2. The van der Waals surface area contributed by atoms with Gasteiger partial charge in [0.25, 0.3) is 0 Å². The SMILES string of the molecule is COCCOc1cc2nccc(Sc3ccc(NC(=O)Nc4ccc(F)cc4F)s3)c2cc1C#N. The Hall–Kier alpha value is -3.72. The third-order valence-electron chi connectivity index (χ3n) is 4.68. The predicted octanol–water partition coefficient (Wildman–Crippen LogP) is 6.27. The quantitative estimate of drug-likeness (QED) is 0.270. The van der Waals surface area contributed by atoms with E-state index in [1.165, 1.54) is 23.1 Å². The number of methoxy groups -OCH3 is 1. The maximum absolute atomic E-state index is 13.8. The van der Waals surface area contributed by atoms with Gasteiger partial charge in [-0.15, -0.1) is 11.3 Å². The molecular weight excluding hydrogens is 494 g/mol. The number of pyridine rings is 1. The van der Waals surface area contributed by atoms with Crippen molar-refractivity contribution in [2.24, 2.45) is 0 Å². The Morgan fingerprint density at radius 3 is 2.77 bits per heavy atom. The number of nitriles is 1. The first kappa shape index (κ1) is 24.4. The van der Waals surface area contributed by atoms with E-state index in [4.69, 9.17) is 9.47 Å². The Balaban J connectivity index is 1.48. The first-order valence-corrected chi connectivity index (χ1v) is 11.9. The number of ether oxygens (including phenoxy) is 2. The number of fused-ring (bicyclic) bond motifs is 1. The molecule has 4 aromatic rings. The lowest BCUT2D eigenvalue weighted by Gasteiger charge is -2.10. The predicted molar refractivity (Wildman–Crippen MR) is 131 cm³/mol. The average Bonchev–Trinajstić information content (AvgIpc) is 3.27. The second kappa shape index (κ2) is 11.1. The van der Waals surface area contributed by atoms with Gasteiger partial charge in [-0.05, 0) is 36.4 Å². The number of urea groups is 1. The molecule has 0 aliphatic rings. The van der Waals surface area contributed by atoms with Gasteiger partial charge in [0.15, 0.2) is 0 Å². The van der Waals surface area contributed by atoms with Crippen LogP contribution in [0.3, 0.4) is 0 Å². The second-order valence-corrected chi connectivity index (χ2v) is 9.48. The van der Waals surface area contributed by atoms with E-state index in [-0.39, 0.29) is 5.69 Å². The molecule has 0 radical (unpaired) electrons. The van der Waals surface area contributed by atoms with Crippen LogP contribution >= 0.6 is 23.1 Å². The van der Waals surface area contributed by atoms with Crippen molar-refractivity contribution in [3.63, 3.8) is 0 Å². The molecule has 0 fully saturated rings. The number of nitrogens with zero attached hydrogens (tertiary/aromatic N) is 2. The number of anilines is 2. The number of benzene rings is 2. The van der Waals surface area contributed by atoms with E-state index in [0.717, 1.165) is 26.6 Å². The Bertz CT molecular complexity index is 1420. The molecule has 7 nitrogen and oxygen atoms in total. The highest BCUT2D eigenvalue weighted by molar-refractivity contribution is 8.01. The van der Waals surface area contributed by atoms with E-state index in [1.54, 1.807) is 31.5 Å². The molecule has 2 aromatic carbocycles. The summed E-state index contributed by atoms with van der Waals surface area (Å²) in [5.74, 6) is -1.15. The van der Waals surface area contributed by atoms with Crippen molar-refractivity contribution in [3.8, 4) is 11.8 Å². The van der Waals surface area contributed by atoms with Crippen molar-refractivity contribution in [2.45, 2.75) is 9.10 Å². The largest absolute Gasteiger partial charge is 0.490 e. The topological polar surface area (TPSA) is 96.3 Å². The van der Waals surface area contributed by atoms with E-state index in [1.807, 2.05) is 12.1 Å². The minimum Gasteiger partial charge on any atom is -0.490 e. The summed E-state index contributed by atoms with van der Waals surface area (Å²) in [6.07, 6.45) is 1.67. The van der Waals surface area contributed by atoms with Crippen molar-refractivity contribution in [1.29, 1.82) is 5.26 Å². The summed E-state index contributed by atoms with van der Waals surface area (Å²) in [4.78, 5) is 17.5. The average molecular weight is 513 g/mol. The lowest BCUT2D eigenvalue weighted by Crippen LogP contribution is -2.19. The monoisotopic (exact) mass is 512 g/mol. The standard InChI is InChI=1S/C24H18F2N4O3S2/c1-32-8-9-33-20-12-19-16(10-14(20)13-27)21(6-7-28-19)34-23-5-4-22(35-23)30-24(31)29-18-3-2-15(25)11-17(18)26/h2-7,10-12H,8-9H2,1H3,(H2,29,30,31). The molecule has 2 N–H and O–H groups in total. The lowest BCUT2D eigenvalue weighted by atomic mass is 10.1. The molecule has 0 spiro atoms. The van der Waals surface area contributed by atoms with Gasteiger partial charge in [0.1, 0.15) is 30.1 Å². The molecule has 0 saturated carbocycles. The van der Waals surface area contributed by atoms with Crippen molar-refractivity contribution in [1.82, 2.24) is 4.98 Å². The molecule has 0 aliphatic heterocycles. The van der Waals surface area contributed by atoms with E-state index in [9.17, 15) is 18.8 Å². The summed E-state index contributed by atoms with van der Waals surface area (Å²) in [6.45, 7) is 0.718. The number of carbonyl (C=O) groups is 1. The molecule has 0 aliphatic carbocycles. The fourth-order valence-electron chi connectivity index (χ4n) is 3.09. The third-order valence-corrected chi connectivity index (χ3v) is 6.88. The normalized spacial score (nSPS) is 10.7. The van der Waals surface area contributed by atoms with Gasteiger partial charge in [-0.3, -0.25) is 10.3 Å². The van der Waals surface area contributed by atoms with Crippen molar-refractivity contribution in [3.05, 3.63) is 71.9 Å². The summed E-state index contributed by atoms with van der Waals surface area (Å²) < 4.78 is 38.3. The third kappa shape index (κ3) is 6.05. The number of halogens is 2. The van der Waals surface area contributed by atoms with Gasteiger partial charge in [0.05, 0.1) is 32.6 Å². The van der Waals surface area contributed by atoms with Gasteiger partial charge < -0.3 is 14.8 Å². The van der Waals surface area contributed by atoms with Crippen molar-refractivity contribution < 1.29 is 23.0 Å². The number of amides is 2. The van der Waals surface area contributed by atoms with Crippen LogP contribution in [-0.4, -0.2) is 31.3 Å². The maximum Gasteiger partial charge on any atom is 0.324 e. The van der Waals surface area contributed by atoms with Gasteiger partial charge in [0, 0.05) is 35.7 Å². The summed E-state index contributed by atoms with van der Waals surface area (Å²) in [6, 6.07) is 13.3. The molecular formula is C24H18F2N4O3S2. The van der Waals surface area contributed by atoms with Crippen molar-refractivity contribution in [2.75, 3.05) is 31.0 Å². The number of aromatic nitrogens is 1. The van der Waals surface area contributed by atoms with E-state index < -0.39 is 17.7 Å². The first-order valence-electron chi connectivity index (χ1n) is 10.2. The van der Waals surface area contributed by atoms with Gasteiger partial charge in [-0.2, -0.15) is 5.26 Å². The van der Waals surface area contributed by atoms with Crippen LogP contribution in [0.5, 0.6) is 5.75 Å². The van der Waals surface area contributed by atoms with Crippen LogP contribution in [-0.2, 0) is 4.74 Å². The molecule has 0 saturated heterocycles. The Labute approximate surface area is 207 Å². The molecule has 178 valence electrons. The molecule has 35 heavy (non-hydrogen) atoms. The van der Waals surface area contributed by atoms with Crippen molar-refractivity contribution >= 4 is 50.7 Å². The maximum atomic E-state index is 13.8. The fraction of sp³-hybridized carbons (Fsp3) is 0.125. The zero-order valence-corrected chi connectivity index (χ0v) is 19.9. The van der Waals surface area contributed by atoms with Gasteiger partial charge in [0.2, 0.25) is 0 Å². The smallest absolute Gasteiger partial charge is 0.324 e. The molecule has 0 bridgehead atoms. The molecule has 11 heteroatoms. The highest BCUT2D eigenvalue weighted by Crippen LogP contribution is 2.39. The van der Waals surface area contributed by atoms with Crippen LogP contribution in [0.4, 0.5) is 24.3 Å². The molecule has 2 aromatic heterocycles. The zero-order valence-electron chi connectivity index (χ0n) is 18.3. The molecule has 4 rings (SSSR count). The number of rotatable bonds is 8. The summed E-state index contributed by atoms with van der Waals surface area (Å²) in [5.41, 5.74) is 0.941. The number of hydrogen-bond acceptors (Lipinski definition) is 7. The number of carbonyl (C=O) groups excluding carboxylic acids is 1. The summed E-state index contributed by atoms with van der Waals surface area (Å²) in [7, 11) is 1.57. The Morgan fingerprint density at radius 2 is 2.00 bits per heavy atom. The molecule has 2 amide bonds. The molecule has 2 heterocycles. The van der Waals surface area contributed by atoms with Crippen LogP contribution in [0.2, 0.25) is 0 Å². The van der Waals surface area contributed by atoms with Crippen LogP contribution in [0.25, 0.3) is 10.9 Å². The van der Waals surface area contributed by atoms with Crippen LogP contribution in [0.1, 0.15) is 5.56 Å². The minimum atomic E-state index is -0.865. The van der Waals surface area contributed by atoms with Crippen LogP contribution in [0.15, 0.2) is 63.8 Å². The van der Waals surface area contributed by atoms with E-state index in [2.05, 4.69) is 21.7 Å². The number of nitrogens with one attached hydrogen (secondary N) is 2. The van der Waals surface area contributed by atoms with Crippen LogP contribution in [0, 0.1) is 23.0 Å². The Kier molecular flexibility index (Phi) is 7.77. The van der Waals surface area contributed by atoms with Gasteiger partial charge in [-0.1, -0.05) is 11.8 Å². The minimum absolute atomic E-state index is 0.128. The second-order valence-electron chi connectivity index (χ2n) is 7.05. The van der Waals surface area contributed by atoms with E-state index in [0.29, 0.717) is 41.1 Å². The van der Waals surface area contributed by atoms with Gasteiger partial charge >= 0.3 is 6.03 Å². The first-order chi connectivity index (χ1) is 17.0. The van der Waals surface area contributed by atoms with Crippen LogP contribution < -0.4 is 15.4 Å². The molecule has 0 unspecified atom stereocenters. The fourth-order valence-corrected chi connectivity index (χ4v) is 5.18. The number of hydrogen-bond donors (Lipinski definition) is 2.